The number of benzene rings is 1. The number of fused-ring (bicyclic) bond motifs is 1. The fourth-order valence-electron chi connectivity index (χ4n) is 1.95. The molecule has 1 heterocycles. The zero-order valence-corrected chi connectivity index (χ0v) is 11.5. The van der Waals surface area contributed by atoms with Gasteiger partial charge in [0, 0.05) is 6.07 Å². The van der Waals surface area contributed by atoms with E-state index in [1.807, 2.05) is 24.3 Å². The monoisotopic (exact) mass is 275 g/mol. The van der Waals surface area contributed by atoms with Gasteiger partial charge in [-0.2, -0.15) is 0 Å². The number of hydrogen-bond acceptors (Lipinski definition) is 4. The highest BCUT2D eigenvalue weighted by Gasteiger charge is 2.23. The number of carbonyl (C=O) groups excluding carboxylic acids is 2. The van der Waals surface area contributed by atoms with Gasteiger partial charge in [-0.1, -0.05) is 12.1 Å². The number of nitrogens with zero attached hydrogens (tertiary/aromatic N) is 2. The van der Waals surface area contributed by atoms with Gasteiger partial charge in [0.25, 0.3) is 0 Å². The third-order valence-corrected chi connectivity index (χ3v) is 2.97. The Balaban J connectivity index is 2.62. The van der Waals surface area contributed by atoms with Gasteiger partial charge in [0.05, 0.1) is 31.9 Å². The van der Waals surface area contributed by atoms with Crippen LogP contribution in [0.15, 0.2) is 36.5 Å². The van der Waals surface area contributed by atoms with Crippen LogP contribution >= 0.6 is 0 Å². The molecule has 0 unspecified atom stereocenters. The lowest BCUT2D eigenvalue weighted by Gasteiger charge is -2.03. The summed E-state index contributed by atoms with van der Waals surface area (Å²) in [5.41, 5.74) is 1.00. The first-order valence-electron chi connectivity index (χ1n) is 5.93. The molecule has 6 heteroatoms. The highest BCUT2D eigenvalue weighted by Crippen LogP contribution is 2.13. The van der Waals surface area contributed by atoms with E-state index in [-0.39, 0.29) is 5.70 Å². The minimum absolute atomic E-state index is 0.0815. The number of methoxy groups -OCH3 is 2. The van der Waals surface area contributed by atoms with Gasteiger partial charge in [0.15, 0.2) is 12.7 Å². The molecule has 0 amide bonds. The highest BCUT2D eigenvalue weighted by molar-refractivity contribution is 6.14. The molecule has 0 bridgehead atoms. The standard InChI is InChI=1S/C14H15N2O4/c1-15-11-7-5-4-6-10(11)9-16(15)12(14(18)20-3)8-13(17)19-2/h4-9H,1-3H3/q+1/b12-8-. The highest BCUT2D eigenvalue weighted by atomic mass is 16.5. The van der Waals surface area contributed by atoms with Crippen LogP contribution in [0.4, 0.5) is 0 Å². The number of rotatable bonds is 3. The lowest BCUT2D eigenvalue weighted by molar-refractivity contribution is -0.719. The Bertz CT molecular complexity index is 700. The molecule has 0 saturated heterocycles. The summed E-state index contributed by atoms with van der Waals surface area (Å²) < 4.78 is 12.6. The van der Waals surface area contributed by atoms with Crippen LogP contribution in [0.2, 0.25) is 0 Å². The summed E-state index contributed by atoms with van der Waals surface area (Å²) in [5.74, 6) is -1.24. The number of para-hydroxylation sites is 1. The van der Waals surface area contributed by atoms with Gasteiger partial charge in [-0.25, -0.2) is 9.59 Å². The molecule has 2 aromatic rings. The average molecular weight is 275 g/mol. The second-order valence-corrected chi connectivity index (χ2v) is 4.10. The normalized spacial score (nSPS) is 11.4. The Hall–Kier alpha value is -2.63. The van der Waals surface area contributed by atoms with Crippen molar-refractivity contribution in [2.45, 2.75) is 0 Å². The van der Waals surface area contributed by atoms with Crippen molar-refractivity contribution in [1.29, 1.82) is 0 Å². The van der Waals surface area contributed by atoms with E-state index in [2.05, 4.69) is 4.74 Å². The second-order valence-electron chi connectivity index (χ2n) is 4.10. The van der Waals surface area contributed by atoms with Crippen molar-refractivity contribution in [3.8, 4) is 0 Å². The van der Waals surface area contributed by atoms with Crippen molar-refractivity contribution < 1.29 is 23.7 Å². The lowest BCUT2D eigenvalue weighted by atomic mass is 10.3. The van der Waals surface area contributed by atoms with Crippen LogP contribution in [0.25, 0.3) is 16.6 Å². The van der Waals surface area contributed by atoms with Gasteiger partial charge in [0.1, 0.15) is 0 Å². The van der Waals surface area contributed by atoms with Gasteiger partial charge in [-0.05, 0) is 6.07 Å². The predicted molar refractivity (Wildman–Crippen MR) is 71.4 cm³/mol. The molecule has 1 aromatic carbocycles. The summed E-state index contributed by atoms with van der Waals surface area (Å²) in [6, 6.07) is 7.63. The molecule has 0 spiro atoms. The molecule has 0 atom stereocenters. The Morgan fingerprint density at radius 3 is 2.50 bits per heavy atom. The smallest absolute Gasteiger partial charge is 0.361 e. The number of aromatic nitrogens is 2. The Morgan fingerprint density at radius 1 is 1.20 bits per heavy atom. The van der Waals surface area contributed by atoms with Crippen molar-refractivity contribution in [2.24, 2.45) is 7.05 Å². The first-order valence-corrected chi connectivity index (χ1v) is 5.93. The van der Waals surface area contributed by atoms with Crippen LogP contribution < -0.4 is 4.68 Å². The minimum Gasteiger partial charge on any atom is -0.466 e. The summed E-state index contributed by atoms with van der Waals surface area (Å²) in [6.07, 6.45) is 2.85. The third-order valence-electron chi connectivity index (χ3n) is 2.97. The summed E-state index contributed by atoms with van der Waals surface area (Å²) in [4.78, 5) is 23.3. The first kappa shape index (κ1) is 13.8. The van der Waals surface area contributed by atoms with E-state index in [9.17, 15) is 9.59 Å². The third kappa shape index (κ3) is 2.40. The molecule has 0 fully saturated rings. The van der Waals surface area contributed by atoms with E-state index >= 15 is 0 Å². The molecule has 0 aliphatic carbocycles. The maximum absolute atomic E-state index is 11.9. The van der Waals surface area contributed by atoms with Gasteiger partial charge in [-0.15, -0.1) is 9.36 Å². The molecule has 0 aliphatic heterocycles. The Morgan fingerprint density at radius 2 is 1.90 bits per heavy atom. The number of aryl methyl sites for hydroxylation is 1. The molecular formula is C14H15N2O4+. The molecule has 2 rings (SSSR count). The second kappa shape index (κ2) is 5.56. The first-order chi connectivity index (χ1) is 9.58. The van der Waals surface area contributed by atoms with E-state index in [1.165, 1.54) is 14.2 Å². The maximum atomic E-state index is 11.9. The maximum Gasteiger partial charge on any atom is 0.361 e. The molecular weight excluding hydrogens is 260 g/mol. The molecule has 104 valence electrons. The van der Waals surface area contributed by atoms with Crippen LogP contribution in [-0.2, 0) is 26.1 Å². The van der Waals surface area contributed by atoms with Crippen LogP contribution in [0.1, 0.15) is 0 Å². The van der Waals surface area contributed by atoms with Crippen LogP contribution in [0, 0.1) is 0 Å². The number of carbonyl (C=O) groups is 2. The number of hydrogen-bond donors (Lipinski definition) is 0. The Labute approximate surface area is 115 Å². The summed E-state index contributed by atoms with van der Waals surface area (Å²) in [5, 5.41) is 0.940. The van der Waals surface area contributed by atoms with E-state index in [4.69, 9.17) is 4.74 Å². The van der Waals surface area contributed by atoms with E-state index in [1.54, 1.807) is 22.6 Å². The molecule has 6 nitrogen and oxygen atoms in total. The number of ether oxygens (including phenoxy) is 2. The van der Waals surface area contributed by atoms with Crippen molar-refractivity contribution in [3.05, 3.63) is 36.5 Å². The van der Waals surface area contributed by atoms with Gasteiger partial charge in [0.2, 0.25) is 5.52 Å². The van der Waals surface area contributed by atoms with E-state index in [0.717, 1.165) is 17.0 Å². The molecule has 0 saturated carbocycles. The van der Waals surface area contributed by atoms with E-state index in [0.29, 0.717) is 0 Å². The van der Waals surface area contributed by atoms with Gasteiger partial charge >= 0.3 is 11.9 Å². The van der Waals surface area contributed by atoms with Gasteiger partial charge in [-0.3, -0.25) is 0 Å². The fraction of sp³-hybridized carbons (Fsp3) is 0.214. The van der Waals surface area contributed by atoms with Crippen molar-refractivity contribution >= 4 is 28.5 Å². The van der Waals surface area contributed by atoms with Crippen LogP contribution in [0.5, 0.6) is 0 Å². The van der Waals surface area contributed by atoms with Crippen LogP contribution in [-0.4, -0.2) is 30.8 Å². The summed E-state index contributed by atoms with van der Waals surface area (Å²) >= 11 is 0. The predicted octanol–water partition coefficient (Wildman–Crippen LogP) is 0.653. The summed E-state index contributed by atoms with van der Waals surface area (Å²) in [7, 11) is 4.30. The SMILES string of the molecule is COC(=O)/C=C(/C(=O)OC)n1cc2ccccc2[n+]1C. The largest absolute Gasteiger partial charge is 0.466 e. The fourth-order valence-corrected chi connectivity index (χ4v) is 1.95. The minimum atomic E-state index is -0.622. The quantitative estimate of drug-likeness (QED) is 0.469. The molecule has 0 aliphatic rings. The van der Waals surface area contributed by atoms with E-state index < -0.39 is 11.9 Å². The topological polar surface area (TPSA) is 61.4 Å². The summed E-state index contributed by atoms with van der Waals surface area (Å²) in [6.45, 7) is 0. The molecule has 0 N–H and O–H groups in total. The molecule has 0 radical (unpaired) electrons. The zero-order chi connectivity index (χ0) is 14.7. The zero-order valence-electron chi connectivity index (χ0n) is 11.5. The average Bonchev–Trinajstić information content (AvgIpc) is 2.81. The Kier molecular flexibility index (Phi) is 3.84. The van der Waals surface area contributed by atoms with Crippen molar-refractivity contribution in [3.63, 3.8) is 0 Å². The molecule has 20 heavy (non-hydrogen) atoms. The lowest BCUT2D eigenvalue weighted by Crippen LogP contribution is -2.40. The van der Waals surface area contributed by atoms with Crippen molar-refractivity contribution in [2.75, 3.05) is 14.2 Å². The van der Waals surface area contributed by atoms with Gasteiger partial charge < -0.3 is 9.47 Å². The number of esters is 2. The van der Waals surface area contributed by atoms with Crippen molar-refractivity contribution in [1.82, 2.24) is 4.68 Å². The molecule has 1 aromatic heterocycles. The van der Waals surface area contributed by atoms with Crippen LogP contribution in [0.3, 0.4) is 0 Å².